The fourth-order valence-corrected chi connectivity index (χ4v) is 3.72. The van der Waals surface area contributed by atoms with Gasteiger partial charge in [-0.1, -0.05) is 26.2 Å². The third-order valence-electron chi connectivity index (χ3n) is 4.50. The molecule has 1 heterocycles. The molecule has 4 heteroatoms. The largest absolute Gasteiger partial charge is 0.444 e. The maximum Gasteiger partial charge on any atom is 0.407 e. The predicted octanol–water partition coefficient (Wildman–Crippen LogP) is 3.55. The van der Waals surface area contributed by atoms with Gasteiger partial charge in [0.1, 0.15) is 5.60 Å². The highest BCUT2D eigenvalue weighted by Crippen LogP contribution is 2.27. The summed E-state index contributed by atoms with van der Waals surface area (Å²) in [5.74, 6) is 0.639. The second-order valence-electron chi connectivity index (χ2n) is 7.93. The Bertz CT molecular complexity index is 345. The second kappa shape index (κ2) is 6.99. The van der Waals surface area contributed by atoms with E-state index in [2.05, 4.69) is 17.1 Å². The zero-order chi connectivity index (χ0) is 15.5. The first-order chi connectivity index (χ1) is 9.83. The minimum Gasteiger partial charge on any atom is -0.444 e. The van der Waals surface area contributed by atoms with E-state index < -0.39 is 5.60 Å². The Labute approximate surface area is 129 Å². The summed E-state index contributed by atoms with van der Waals surface area (Å²) >= 11 is 0. The highest BCUT2D eigenvalue weighted by molar-refractivity contribution is 5.68. The number of piperidine rings is 1. The number of nitrogens with zero attached hydrogens (tertiary/aromatic N) is 1. The molecule has 1 amide bonds. The number of likely N-dealkylation sites (tertiary alicyclic amines) is 1. The molecule has 2 atom stereocenters. The Hall–Kier alpha value is -0.770. The number of carbonyl (C=O) groups is 1. The molecule has 4 nitrogen and oxygen atoms in total. The van der Waals surface area contributed by atoms with E-state index in [9.17, 15) is 4.79 Å². The average molecular weight is 296 g/mol. The highest BCUT2D eigenvalue weighted by Gasteiger charge is 2.31. The monoisotopic (exact) mass is 296 g/mol. The van der Waals surface area contributed by atoms with Crippen LogP contribution in [0.15, 0.2) is 0 Å². The van der Waals surface area contributed by atoms with Crippen molar-refractivity contribution in [1.29, 1.82) is 0 Å². The van der Waals surface area contributed by atoms with E-state index in [-0.39, 0.29) is 12.1 Å². The number of nitrogens with one attached hydrogen (secondary N) is 1. The first-order valence-corrected chi connectivity index (χ1v) is 8.57. The highest BCUT2D eigenvalue weighted by atomic mass is 16.6. The van der Waals surface area contributed by atoms with Crippen molar-refractivity contribution in [2.45, 2.75) is 83.9 Å². The van der Waals surface area contributed by atoms with Crippen LogP contribution in [-0.4, -0.2) is 41.8 Å². The Kier molecular flexibility index (Phi) is 5.53. The molecule has 2 unspecified atom stereocenters. The molecule has 0 bridgehead atoms. The maximum absolute atomic E-state index is 12.0. The lowest BCUT2D eigenvalue weighted by molar-refractivity contribution is 0.0398. The average Bonchev–Trinajstić information content (AvgIpc) is 2.36. The van der Waals surface area contributed by atoms with Crippen LogP contribution in [0.25, 0.3) is 0 Å². The molecule has 0 aromatic heterocycles. The van der Waals surface area contributed by atoms with Gasteiger partial charge in [0.05, 0.1) is 0 Å². The summed E-state index contributed by atoms with van der Waals surface area (Å²) in [7, 11) is 0. The van der Waals surface area contributed by atoms with Gasteiger partial charge in [0.2, 0.25) is 0 Å². The number of rotatable bonds is 2. The molecule has 2 fully saturated rings. The number of hydrogen-bond acceptors (Lipinski definition) is 3. The van der Waals surface area contributed by atoms with Crippen LogP contribution < -0.4 is 5.32 Å². The molecule has 122 valence electrons. The lowest BCUT2D eigenvalue weighted by atomic mass is 9.89. The van der Waals surface area contributed by atoms with E-state index in [0.717, 1.165) is 19.0 Å². The fraction of sp³-hybridized carbons (Fsp3) is 0.941. The van der Waals surface area contributed by atoms with E-state index in [1.54, 1.807) is 0 Å². The summed E-state index contributed by atoms with van der Waals surface area (Å²) in [5, 5.41) is 3.07. The van der Waals surface area contributed by atoms with Crippen LogP contribution in [0.5, 0.6) is 0 Å². The van der Waals surface area contributed by atoms with Gasteiger partial charge in [-0.25, -0.2) is 4.79 Å². The van der Waals surface area contributed by atoms with Crippen molar-refractivity contribution in [3.8, 4) is 0 Å². The number of carbonyl (C=O) groups excluding carboxylic acids is 1. The lowest BCUT2D eigenvalue weighted by Gasteiger charge is -2.42. The number of amides is 1. The third kappa shape index (κ3) is 5.50. The van der Waals surface area contributed by atoms with Gasteiger partial charge in [-0.2, -0.15) is 0 Å². The molecule has 0 spiro atoms. The first-order valence-electron chi connectivity index (χ1n) is 8.57. The molecule has 21 heavy (non-hydrogen) atoms. The zero-order valence-electron chi connectivity index (χ0n) is 14.2. The van der Waals surface area contributed by atoms with Crippen molar-refractivity contribution in [3.05, 3.63) is 0 Å². The van der Waals surface area contributed by atoms with Crippen LogP contribution in [-0.2, 0) is 4.74 Å². The second-order valence-corrected chi connectivity index (χ2v) is 7.93. The Morgan fingerprint density at radius 1 is 1.14 bits per heavy atom. The molecule has 1 N–H and O–H groups in total. The number of ether oxygens (including phenoxy) is 1. The maximum atomic E-state index is 12.0. The van der Waals surface area contributed by atoms with E-state index in [1.165, 1.54) is 38.6 Å². The fourth-order valence-electron chi connectivity index (χ4n) is 3.72. The van der Waals surface area contributed by atoms with Gasteiger partial charge in [0.25, 0.3) is 0 Å². The normalized spacial score (nSPS) is 29.1. The van der Waals surface area contributed by atoms with E-state index >= 15 is 0 Å². The van der Waals surface area contributed by atoms with E-state index in [1.807, 2.05) is 20.8 Å². The molecule has 0 aromatic carbocycles. The number of alkyl carbamates (subject to hydrolysis) is 1. The molecule has 2 rings (SSSR count). The van der Waals surface area contributed by atoms with Gasteiger partial charge < -0.3 is 10.1 Å². The Morgan fingerprint density at radius 2 is 1.81 bits per heavy atom. The summed E-state index contributed by atoms with van der Waals surface area (Å²) in [6.45, 7) is 10.2. The molecule has 1 saturated heterocycles. The molecule has 1 aliphatic heterocycles. The topological polar surface area (TPSA) is 41.6 Å². The van der Waals surface area contributed by atoms with Crippen molar-refractivity contribution >= 4 is 6.09 Å². The van der Waals surface area contributed by atoms with Gasteiger partial charge in [0.15, 0.2) is 0 Å². The lowest BCUT2D eigenvalue weighted by Crippen LogP contribution is -2.54. The molecule has 2 aliphatic rings. The summed E-state index contributed by atoms with van der Waals surface area (Å²) in [6.07, 6.45) is 7.55. The molecule has 0 aromatic rings. The zero-order valence-corrected chi connectivity index (χ0v) is 14.2. The van der Waals surface area contributed by atoms with Crippen molar-refractivity contribution in [1.82, 2.24) is 10.2 Å². The van der Waals surface area contributed by atoms with Crippen LogP contribution in [0.1, 0.15) is 66.2 Å². The number of hydrogen-bond donors (Lipinski definition) is 1. The van der Waals surface area contributed by atoms with Gasteiger partial charge in [0, 0.05) is 25.2 Å². The molecular formula is C17H32N2O2. The summed E-state index contributed by atoms with van der Waals surface area (Å²) < 4.78 is 5.39. The van der Waals surface area contributed by atoms with Gasteiger partial charge in [-0.3, -0.25) is 4.90 Å². The molecule has 1 saturated carbocycles. The van der Waals surface area contributed by atoms with Gasteiger partial charge >= 0.3 is 6.09 Å². The third-order valence-corrected chi connectivity index (χ3v) is 4.50. The van der Waals surface area contributed by atoms with Crippen molar-refractivity contribution in [2.24, 2.45) is 5.92 Å². The first kappa shape index (κ1) is 16.6. The van der Waals surface area contributed by atoms with Crippen molar-refractivity contribution in [2.75, 3.05) is 13.1 Å². The van der Waals surface area contributed by atoms with Crippen LogP contribution in [0.3, 0.4) is 0 Å². The van der Waals surface area contributed by atoms with Crippen molar-refractivity contribution < 1.29 is 9.53 Å². The Balaban J connectivity index is 1.86. The summed E-state index contributed by atoms with van der Waals surface area (Å²) in [5.41, 5.74) is -0.423. The summed E-state index contributed by atoms with van der Waals surface area (Å²) in [6, 6.07) is 0.954. The quantitative estimate of drug-likeness (QED) is 0.847. The predicted molar refractivity (Wildman–Crippen MR) is 85.4 cm³/mol. The van der Waals surface area contributed by atoms with Gasteiger partial charge in [-0.15, -0.1) is 0 Å². The minimum atomic E-state index is -0.423. The van der Waals surface area contributed by atoms with Crippen LogP contribution in [0, 0.1) is 5.92 Å². The SMILES string of the molecule is CC1CC(NC(=O)OC(C)(C)C)CN(C2CCCCC2)C1. The van der Waals surface area contributed by atoms with E-state index in [0.29, 0.717) is 5.92 Å². The summed E-state index contributed by atoms with van der Waals surface area (Å²) in [4.78, 5) is 14.6. The van der Waals surface area contributed by atoms with Crippen LogP contribution in [0.2, 0.25) is 0 Å². The smallest absolute Gasteiger partial charge is 0.407 e. The standard InChI is InChI=1S/C17H32N2O2/c1-13-10-14(18-16(20)21-17(2,3)4)12-19(11-13)15-8-6-5-7-9-15/h13-15H,5-12H2,1-4H3,(H,18,20). The van der Waals surface area contributed by atoms with Crippen LogP contribution in [0.4, 0.5) is 4.79 Å². The molecular weight excluding hydrogens is 264 g/mol. The minimum absolute atomic E-state index is 0.227. The molecule has 1 aliphatic carbocycles. The van der Waals surface area contributed by atoms with Crippen LogP contribution >= 0.6 is 0 Å². The Morgan fingerprint density at radius 3 is 2.43 bits per heavy atom. The van der Waals surface area contributed by atoms with E-state index in [4.69, 9.17) is 4.74 Å². The van der Waals surface area contributed by atoms with Gasteiger partial charge in [-0.05, 0) is 46.0 Å². The van der Waals surface area contributed by atoms with Crippen molar-refractivity contribution in [3.63, 3.8) is 0 Å². The molecule has 0 radical (unpaired) electrons.